The zero-order valence-electron chi connectivity index (χ0n) is 12.4. The second kappa shape index (κ2) is 6.29. The highest BCUT2D eigenvalue weighted by atomic mass is 32.2. The fourth-order valence-electron chi connectivity index (χ4n) is 3.08. The highest BCUT2D eigenvalue weighted by Gasteiger charge is 2.28. The summed E-state index contributed by atoms with van der Waals surface area (Å²) in [7, 11) is -3.10. The van der Waals surface area contributed by atoms with Crippen LogP contribution in [0.15, 0.2) is 16.7 Å². The Kier molecular flexibility index (Phi) is 4.39. The molecule has 0 spiro atoms. The quantitative estimate of drug-likeness (QED) is 0.863. The highest BCUT2D eigenvalue weighted by Crippen LogP contribution is 2.30. The standard InChI is InChI=1S/C14H21N3O4S/c18-14(15-6-8-17-7-2-10-22(17,19)20)16-12-3-1-4-13-11(12)5-9-21-13/h5,9,12H,1-4,6-8,10H2,(H2,15,16,18)/t12-/m1/s1. The summed E-state index contributed by atoms with van der Waals surface area (Å²) in [5.74, 6) is 1.16. The maximum absolute atomic E-state index is 12.0. The molecule has 7 nitrogen and oxygen atoms in total. The third-order valence-electron chi connectivity index (χ3n) is 4.21. The SMILES string of the molecule is O=C(NCCN1CCCS1(=O)=O)N[C@@H]1CCCc2occc21. The van der Waals surface area contributed by atoms with Gasteiger partial charge in [0.15, 0.2) is 0 Å². The molecule has 2 amide bonds. The number of nitrogens with zero attached hydrogens (tertiary/aromatic N) is 1. The maximum atomic E-state index is 12.0. The molecule has 1 atom stereocenters. The van der Waals surface area contributed by atoms with Crippen LogP contribution in [-0.4, -0.2) is 44.1 Å². The van der Waals surface area contributed by atoms with Gasteiger partial charge < -0.3 is 15.1 Å². The molecule has 1 aliphatic carbocycles. The van der Waals surface area contributed by atoms with E-state index in [-0.39, 0.29) is 17.8 Å². The predicted molar refractivity (Wildman–Crippen MR) is 80.9 cm³/mol. The minimum absolute atomic E-state index is 0.0296. The Morgan fingerprint density at radius 3 is 3.05 bits per heavy atom. The molecule has 0 bridgehead atoms. The van der Waals surface area contributed by atoms with Crippen LogP contribution in [0, 0.1) is 0 Å². The summed E-state index contributed by atoms with van der Waals surface area (Å²) < 4.78 is 30.1. The molecule has 3 rings (SSSR count). The minimum atomic E-state index is -3.10. The van der Waals surface area contributed by atoms with E-state index in [1.807, 2.05) is 6.07 Å². The fraction of sp³-hybridized carbons (Fsp3) is 0.643. The summed E-state index contributed by atoms with van der Waals surface area (Å²) in [4.78, 5) is 12.0. The van der Waals surface area contributed by atoms with Crippen molar-refractivity contribution in [2.24, 2.45) is 0 Å². The third-order valence-corrected chi connectivity index (χ3v) is 6.16. The Morgan fingerprint density at radius 1 is 1.41 bits per heavy atom. The first-order chi connectivity index (χ1) is 10.6. The number of hydrogen-bond donors (Lipinski definition) is 2. The van der Waals surface area contributed by atoms with Crippen LogP contribution >= 0.6 is 0 Å². The van der Waals surface area contributed by atoms with E-state index in [1.165, 1.54) is 4.31 Å². The Morgan fingerprint density at radius 2 is 2.27 bits per heavy atom. The van der Waals surface area contributed by atoms with Crippen LogP contribution in [0.3, 0.4) is 0 Å². The predicted octanol–water partition coefficient (Wildman–Crippen LogP) is 0.992. The molecular weight excluding hydrogens is 306 g/mol. The molecule has 8 heteroatoms. The number of urea groups is 1. The van der Waals surface area contributed by atoms with Gasteiger partial charge in [0.2, 0.25) is 10.0 Å². The van der Waals surface area contributed by atoms with Gasteiger partial charge in [-0.15, -0.1) is 0 Å². The molecule has 122 valence electrons. The van der Waals surface area contributed by atoms with Gasteiger partial charge in [0.25, 0.3) is 0 Å². The number of furan rings is 1. The van der Waals surface area contributed by atoms with Crippen molar-refractivity contribution in [3.63, 3.8) is 0 Å². The topological polar surface area (TPSA) is 91.7 Å². The average Bonchev–Trinajstić information content (AvgIpc) is 3.06. The molecular formula is C14H21N3O4S. The largest absolute Gasteiger partial charge is 0.469 e. The molecule has 0 aromatic carbocycles. The number of carbonyl (C=O) groups excluding carboxylic acids is 1. The number of fused-ring (bicyclic) bond motifs is 1. The lowest BCUT2D eigenvalue weighted by molar-refractivity contribution is 0.234. The molecule has 2 heterocycles. The molecule has 0 unspecified atom stereocenters. The van der Waals surface area contributed by atoms with Gasteiger partial charge in [-0.2, -0.15) is 0 Å². The van der Waals surface area contributed by atoms with Gasteiger partial charge in [0, 0.05) is 31.6 Å². The van der Waals surface area contributed by atoms with Crippen LogP contribution in [0.4, 0.5) is 4.79 Å². The zero-order chi connectivity index (χ0) is 15.6. The van der Waals surface area contributed by atoms with Gasteiger partial charge in [-0.25, -0.2) is 17.5 Å². The first-order valence-electron chi connectivity index (χ1n) is 7.65. The van der Waals surface area contributed by atoms with Gasteiger partial charge in [0.1, 0.15) is 5.76 Å². The summed E-state index contributed by atoms with van der Waals surface area (Å²) in [5, 5.41) is 5.66. The third kappa shape index (κ3) is 3.27. The number of carbonyl (C=O) groups is 1. The summed E-state index contributed by atoms with van der Waals surface area (Å²) in [5.41, 5.74) is 1.04. The second-order valence-corrected chi connectivity index (χ2v) is 7.80. The van der Waals surface area contributed by atoms with Gasteiger partial charge in [-0.1, -0.05) is 0 Å². The molecule has 1 aromatic rings. The maximum Gasteiger partial charge on any atom is 0.315 e. The number of sulfonamides is 1. The van der Waals surface area contributed by atoms with Gasteiger partial charge in [-0.05, 0) is 25.3 Å². The van der Waals surface area contributed by atoms with Gasteiger partial charge >= 0.3 is 6.03 Å². The zero-order valence-corrected chi connectivity index (χ0v) is 13.2. The van der Waals surface area contributed by atoms with E-state index < -0.39 is 10.0 Å². The summed E-state index contributed by atoms with van der Waals surface area (Å²) in [6.07, 6.45) is 5.10. The normalized spacial score (nSPS) is 23.9. The van der Waals surface area contributed by atoms with Crippen molar-refractivity contribution in [2.75, 3.05) is 25.4 Å². The van der Waals surface area contributed by atoms with Gasteiger partial charge in [0.05, 0.1) is 18.1 Å². The molecule has 1 fully saturated rings. The van der Waals surface area contributed by atoms with Crippen LogP contribution in [0.25, 0.3) is 0 Å². The number of rotatable bonds is 4. The summed E-state index contributed by atoms with van der Waals surface area (Å²) in [6, 6.07) is 1.60. The van der Waals surface area contributed by atoms with E-state index in [0.717, 1.165) is 30.6 Å². The Bertz CT molecular complexity index is 640. The number of hydrogen-bond acceptors (Lipinski definition) is 4. The smallest absolute Gasteiger partial charge is 0.315 e. The number of nitrogens with one attached hydrogen (secondary N) is 2. The van der Waals surface area contributed by atoms with Crippen LogP contribution < -0.4 is 10.6 Å². The lowest BCUT2D eigenvalue weighted by Crippen LogP contribution is -2.42. The van der Waals surface area contributed by atoms with Crippen molar-refractivity contribution in [3.05, 3.63) is 23.7 Å². The lowest BCUT2D eigenvalue weighted by atomic mass is 9.93. The number of aryl methyl sites for hydroxylation is 1. The Hall–Kier alpha value is -1.54. The minimum Gasteiger partial charge on any atom is -0.469 e. The van der Waals surface area contributed by atoms with E-state index >= 15 is 0 Å². The molecule has 1 saturated heterocycles. The van der Waals surface area contributed by atoms with Crippen molar-refractivity contribution in [1.29, 1.82) is 0 Å². The number of amides is 2. The van der Waals surface area contributed by atoms with Crippen molar-refractivity contribution in [2.45, 2.75) is 31.7 Å². The molecule has 0 saturated carbocycles. The monoisotopic (exact) mass is 327 g/mol. The van der Waals surface area contributed by atoms with Crippen molar-refractivity contribution < 1.29 is 17.6 Å². The molecule has 0 radical (unpaired) electrons. The Labute approximate surface area is 130 Å². The molecule has 1 aliphatic heterocycles. The van der Waals surface area contributed by atoms with E-state index in [1.54, 1.807) is 6.26 Å². The summed E-state index contributed by atoms with van der Waals surface area (Å²) in [6.45, 7) is 1.19. The molecule has 1 aromatic heterocycles. The highest BCUT2D eigenvalue weighted by molar-refractivity contribution is 7.89. The first-order valence-corrected chi connectivity index (χ1v) is 9.25. The molecule has 22 heavy (non-hydrogen) atoms. The van der Waals surface area contributed by atoms with Crippen molar-refractivity contribution in [3.8, 4) is 0 Å². The fourth-order valence-corrected chi connectivity index (χ4v) is 4.61. The van der Waals surface area contributed by atoms with E-state index in [2.05, 4.69) is 10.6 Å². The second-order valence-electron chi connectivity index (χ2n) is 5.71. The van der Waals surface area contributed by atoms with Crippen molar-refractivity contribution in [1.82, 2.24) is 14.9 Å². The Balaban J connectivity index is 1.46. The van der Waals surface area contributed by atoms with E-state index in [4.69, 9.17) is 4.42 Å². The average molecular weight is 327 g/mol. The van der Waals surface area contributed by atoms with E-state index in [0.29, 0.717) is 26.1 Å². The van der Waals surface area contributed by atoms with Gasteiger partial charge in [-0.3, -0.25) is 0 Å². The molecule has 2 aliphatic rings. The van der Waals surface area contributed by atoms with Crippen molar-refractivity contribution >= 4 is 16.1 Å². The lowest BCUT2D eigenvalue weighted by Gasteiger charge is -2.23. The van der Waals surface area contributed by atoms with Crippen LogP contribution in [0.2, 0.25) is 0 Å². The summed E-state index contributed by atoms with van der Waals surface area (Å²) >= 11 is 0. The van der Waals surface area contributed by atoms with E-state index in [9.17, 15) is 13.2 Å². The first kappa shape index (κ1) is 15.4. The van der Waals surface area contributed by atoms with Crippen LogP contribution in [-0.2, 0) is 16.4 Å². The van der Waals surface area contributed by atoms with Crippen LogP contribution in [0.1, 0.15) is 36.6 Å². The van der Waals surface area contributed by atoms with Crippen LogP contribution in [0.5, 0.6) is 0 Å². The molecule has 2 N–H and O–H groups in total.